The Morgan fingerprint density at radius 2 is 2.21 bits per heavy atom. The minimum absolute atomic E-state index is 0.219. The molecule has 1 fully saturated rings. The van der Waals surface area contributed by atoms with Crippen LogP contribution in [-0.4, -0.2) is 47.0 Å². The first-order chi connectivity index (χ1) is 9.15. The van der Waals surface area contributed by atoms with Gasteiger partial charge in [0.05, 0.1) is 12.4 Å². The van der Waals surface area contributed by atoms with Gasteiger partial charge in [-0.2, -0.15) is 0 Å². The molecular formula is C13H19ClN4O. The normalized spacial score (nSPS) is 17.4. The molecule has 1 atom stereocenters. The Labute approximate surface area is 118 Å². The van der Waals surface area contributed by atoms with Gasteiger partial charge in [0.1, 0.15) is 10.8 Å². The summed E-state index contributed by atoms with van der Waals surface area (Å²) in [6.07, 6.45) is 5.41. The predicted molar refractivity (Wildman–Crippen MR) is 74.2 cm³/mol. The number of nitrogens with one attached hydrogen (secondary N) is 1. The minimum atomic E-state index is -0.219. The molecule has 0 spiro atoms. The highest BCUT2D eigenvalue weighted by Gasteiger charge is 2.15. The van der Waals surface area contributed by atoms with E-state index in [4.69, 9.17) is 11.6 Å². The largest absolute Gasteiger partial charge is 0.350 e. The van der Waals surface area contributed by atoms with Crippen molar-refractivity contribution in [1.82, 2.24) is 20.2 Å². The summed E-state index contributed by atoms with van der Waals surface area (Å²) in [6.45, 7) is 6.17. The summed E-state index contributed by atoms with van der Waals surface area (Å²) in [5.41, 5.74) is 0.265. The maximum Gasteiger partial charge on any atom is 0.271 e. The molecule has 1 aromatic heterocycles. The van der Waals surface area contributed by atoms with Crippen molar-refractivity contribution in [2.45, 2.75) is 19.8 Å². The Balaban J connectivity index is 1.76. The second-order valence-corrected chi connectivity index (χ2v) is 5.44. The molecule has 0 bridgehead atoms. The van der Waals surface area contributed by atoms with Gasteiger partial charge in [-0.15, -0.1) is 0 Å². The van der Waals surface area contributed by atoms with E-state index in [0.29, 0.717) is 12.5 Å². The Hall–Kier alpha value is -1.20. The van der Waals surface area contributed by atoms with Crippen LogP contribution in [-0.2, 0) is 0 Å². The third-order valence-corrected chi connectivity index (χ3v) is 3.40. The Morgan fingerprint density at radius 1 is 1.47 bits per heavy atom. The van der Waals surface area contributed by atoms with Gasteiger partial charge in [0.2, 0.25) is 0 Å². The fraction of sp³-hybridized carbons (Fsp3) is 0.615. The van der Waals surface area contributed by atoms with Crippen molar-refractivity contribution < 1.29 is 4.79 Å². The molecule has 19 heavy (non-hydrogen) atoms. The molecular weight excluding hydrogens is 264 g/mol. The highest BCUT2D eigenvalue weighted by atomic mass is 35.5. The number of likely N-dealkylation sites (tertiary alicyclic amines) is 1. The molecule has 2 rings (SSSR count). The Kier molecular flexibility index (Phi) is 5.10. The van der Waals surface area contributed by atoms with E-state index < -0.39 is 0 Å². The van der Waals surface area contributed by atoms with Gasteiger partial charge in [0.25, 0.3) is 5.91 Å². The van der Waals surface area contributed by atoms with Gasteiger partial charge in [0.15, 0.2) is 0 Å². The zero-order valence-electron chi connectivity index (χ0n) is 11.1. The molecule has 1 aliphatic heterocycles. The van der Waals surface area contributed by atoms with Gasteiger partial charge in [-0.3, -0.25) is 9.78 Å². The first kappa shape index (κ1) is 14.2. The zero-order chi connectivity index (χ0) is 13.7. The summed E-state index contributed by atoms with van der Waals surface area (Å²) < 4.78 is 0. The zero-order valence-corrected chi connectivity index (χ0v) is 11.9. The molecule has 0 aromatic carbocycles. The van der Waals surface area contributed by atoms with Crippen molar-refractivity contribution in [2.24, 2.45) is 5.92 Å². The molecule has 0 saturated carbocycles. The van der Waals surface area contributed by atoms with Crippen molar-refractivity contribution in [2.75, 3.05) is 26.2 Å². The van der Waals surface area contributed by atoms with Crippen molar-refractivity contribution in [3.8, 4) is 0 Å². The lowest BCUT2D eigenvalue weighted by Crippen LogP contribution is -2.34. The lowest BCUT2D eigenvalue weighted by Gasteiger charge is -2.20. The third-order valence-electron chi connectivity index (χ3n) is 3.22. The summed E-state index contributed by atoms with van der Waals surface area (Å²) in [5, 5.41) is 3.11. The Morgan fingerprint density at radius 3 is 2.89 bits per heavy atom. The topological polar surface area (TPSA) is 58.1 Å². The standard InChI is InChI=1S/C13H19ClN4O/c1-10(9-18-4-2-3-5-18)6-16-13(19)11-7-15-8-12(14)17-11/h7-8,10H,2-6,9H2,1H3,(H,16,19). The van der Waals surface area contributed by atoms with Crippen molar-refractivity contribution in [3.63, 3.8) is 0 Å². The van der Waals surface area contributed by atoms with Crippen LogP contribution in [0.4, 0.5) is 0 Å². The molecule has 1 amide bonds. The number of halogens is 1. The number of hydrogen-bond donors (Lipinski definition) is 1. The highest BCUT2D eigenvalue weighted by Crippen LogP contribution is 2.10. The maximum absolute atomic E-state index is 11.9. The molecule has 1 unspecified atom stereocenters. The van der Waals surface area contributed by atoms with E-state index in [9.17, 15) is 4.79 Å². The van der Waals surface area contributed by atoms with Crippen LogP contribution in [0.2, 0.25) is 5.15 Å². The van der Waals surface area contributed by atoms with Gasteiger partial charge in [0, 0.05) is 13.1 Å². The van der Waals surface area contributed by atoms with Crippen LogP contribution in [0, 0.1) is 5.92 Å². The summed E-state index contributed by atoms with van der Waals surface area (Å²) >= 11 is 5.70. The summed E-state index contributed by atoms with van der Waals surface area (Å²) in [5.74, 6) is 0.206. The predicted octanol–water partition coefficient (Wildman–Crippen LogP) is 1.59. The van der Waals surface area contributed by atoms with Crippen LogP contribution in [0.15, 0.2) is 12.4 Å². The molecule has 2 heterocycles. The van der Waals surface area contributed by atoms with E-state index in [0.717, 1.165) is 6.54 Å². The summed E-state index contributed by atoms with van der Waals surface area (Å²) in [4.78, 5) is 22.1. The fourth-order valence-corrected chi connectivity index (χ4v) is 2.43. The second-order valence-electron chi connectivity index (χ2n) is 5.05. The molecule has 0 radical (unpaired) electrons. The Bertz CT molecular complexity index is 434. The van der Waals surface area contributed by atoms with Gasteiger partial charge in [-0.05, 0) is 31.8 Å². The van der Waals surface area contributed by atoms with E-state index >= 15 is 0 Å². The van der Waals surface area contributed by atoms with Crippen molar-refractivity contribution in [3.05, 3.63) is 23.2 Å². The number of nitrogens with zero attached hydrogens (tertiary/aromatic N) is 3. The van der Waals surface area contributed by atoms with Crippen molar-refractivity contribution in [1.29, 1.82) is 0 Å². The molecule has 104 valence electrons. The lowest BCUT2D eigenvalue weighted by atomic mass is 10.1. The minimum Gasteiger partial charge on any atom is -0.350 e. The van der Waals surface area contributed by atoms with E-state index in [1.165, 1.54) is 38.3 Å². The summed E-state index contributed by atoms with van der Waals surface area (Å²) in [6, 6.07) is 0. The number of carbonyl (C=O) groups excluding carboxylic acids is 1. The monoisotopic (exact) mass is 282 g/mol. The van der Waals surface area contributed by atoms with E-state index in [2.05, 4.69) is 27.1 Å². The summed E-state index contributed by atoms with van der Waals surface area (Å²) in [7, 11) is 0. The van der Waals surface area contributed by atoms with Gasteiger partial charge >= 0.3 is 0 Å². The quantitative estimate of drug-likeness (QED) is 0.891. The van der Waals surface area contributed by atoms with Crippen LogP contribution in [0.25, 0.3) is 0 Å². The first-order valence-corrected chi connectivity index (χ1v) is 7.01. The van der Waals surface area contributed by atoms with Crippen LogP contribution in [0.3, 0.4) is 0 Å². The van der Waals surface area contributed by atoms with Crippen LogP contribution < -0.4 is 5.32 Å². The number of rotatable bonds is 5. The molecule has 6 heteroatoms. The first-order valence-electron chi connectivity index (χ1n) is 6.63. The number of hydrogen-bond acceptors (Lipinski definition) is 4. The molecule has 0 aliphatic carbocycles. The number of amides is 1. The van der Waals surface area contributed by atoms with E-state index in [1.807, 2.05) is 0 Å². The fourth-order valence-electron chi connectivity index (χ4n) is 2.28. The van der Waals surface area contributed by atoms with Gasteiger partial charge in [-0.1, -0.05) is 18.5 Å². The molecule has 1 aromatic rings. The molecule has 5 nitrogen and oxygen atoms in total. The smallest absolute Gasteiger partial charge is 0.271 e. The van der Waals surface area contributed by atoms with Crippen LogP contribution in [0.5, 0.6) is 0 Å². The van der Waals surface area contributed by atoms with Crippen LogP contribution >= 0.6 is 11.6 Å². The lowest BCUT2D eigenvalue weighted by molar-refractivity contribution is 0.0939. The second kappa shape index (κ2) is 6.82. The highest BCUT2D eigenvalue weighted by molar-refractivity contribution is 6.29. The average molecular weight is 283 g/mol. The maximum atomic E-state index is 11.9. The van der Waals surface area contributed by atoms with Gasteiger partial charge < -0.3 is 10.2 Å². The number of carbonyl (C=O) groups is 1. The molecule has 1 aliphatic rings. The average Bonchev–Trinajstić information content (AvgIpc) is 2.88. The van der Waals surface area contributed by atoms with Gasteiger partial charge in [-0.25, -0.2) is 4.98 Å². The SMILES string of the molecule is CC(CNC(=O)c1cncc(Cl)n1)CN1CCCC1. The third kappa shape index (κ3) is 4.44. The molecule has 1 saturated heterocycles. The number of aromatic nitrogens is 2. The van der Waals surface area contributed by atoms with Crippen molar-refractivity contribution >= 4 is 17.5 Å². The molecule has 1 N–H and O–H groups in total. The van der Waals surface area contributed by atoms with E-state index in [1.54, 1.807) is 0 Å². The van der Waals surface area contributed by atoms with Crippen LogP contribution in [0.1, 0.15) is 30.3 Å². The van der Waals surface area contributed by atoms with E-state index in [-0.39, 0.29) is 16.8 Å².